The summed E-state index contributed by atoms with van der Waals surface area (Å²) in [5.41, 5.74) is 3.02. The highest BCUT2D eigenvalue weighted by Gasteiger charge is 2.47. The summed E-state index contributed by atoms with van der Waals surface area (Å²) in [6.45, 7) is 3.19. The van der Waals surface area contributed by atoms with Gasteiger partial charge < -0.3 is 30.3 Å². The van der Waals surface area contributed by atoms with Gasteiger partial charge in [0.1, 0.15) is 0 Å². The molecule has 1 saturated carbocycles. The first kappa shape index (κ1) is 23.9. The van der Waals surface area contributed by atoms with Crippen LogP contribution in [-0.2, 0) is 4.79 Å². The largest absolute Gasteiger partial charge is 0.454 e. The van der Waals surface area contributed by atoms with Crippen LogP contribution in [0.1, 0.15) is 63.5 Å². The summed E-state index contributed by atoms with van der Waals surface area (Å²) in [5.74, 6) is 1.70. The molecule has 8 heteroatoms. The minimum Gasteiger partial charge on any atom is -0.454 e. The maximum absolute atomic E-state index is 14.1. The highest BCUT2D eigenvalue weighted by Crippen LogP contribution is 2.48. The number of nitrogens with one attached hydrogen (secondary N) is 3. The molecule has 37 heavy (non-hydrogen) atoms. The van der Waals surface area contributed by atoms with Crippen LogP contribution in [0.15, 0.2) is 42.5 Å². The molecule has 8 nitrogen and oxygen atoms in total. The third kappa shape index (κ3) is 4.58. The van der Waals surface area contributed by atoms with Gasteiger partial charge in [0.25, 0.3) is 0 Å². The van der Waals surface area contributed by atoms with Crippen LogP contribution in [0.3, 0.4) is 0 Å². The number of rotatable bonds is 5. The van der Waals surface area contributed by atoms with Gasteiger partial charge >= 0.3 is 6.03 Å². The molecule has 0 spiro atoms. The van der Waals surface area contributed by atoms with E-state index in [1.807, 2.05) is 0 Å². The fourth-order valence-corrected chi connectivity index (χ4v) is 6.80. The van der Waals surface area contributed by atoms with Crippen LogP contribution in [0.2, 0.25) is 0 Å². The molecule has 3 heterocycles. The predicted molar refractivity (Wildman–Crippen MR) is 142 cm³/mol. The molecule has 1 saturated heterocycles. The Labute approximate surface area is 218 Å². The fourth-order valence-electron chi connectivity index (χ4n) is 6.80. The highest BCUT2D eigenvalue weighted by atomic mass is 16.7. The molecule has 6 rings (SSSR count). The molecule has 2 aromatic rings. The van der Waals surface area contributed by atoms with Crippen LogP contribution >= 0.6 is 0 Å². The number of benzene rings is 2. The summed E-state index contributed by atoms with van der Waals surface area (Å²) in [5, 5.41) is 9.80. The summed E-state index contributed by atoms with van der Waals surface area (Å²) in [6.07, 6.45) is 6.86. The molecule has 4 aliphatic rings. The lowest BCUT2D eigenvalue weighted by atomic mass is 9.80. The topological polar surface area (TPSA) is 91.9 Å². The molecule has 0 bridgehead atoms. The average Bonchev–Trinajstić information content (AvgIpc) is 3.56. The normalized spacial score (nSPS) is 27.6. The van der Waals surface area contributed by atoms with E-state index >= 15 is 0 Å². The third-order valence-corrected chi connectivity index (χ3v) is 8.49. The zero-order chi connectivity index (χ0) is 25.4. The first-order chi connectivity index (χ1) is 18.1. The van der Waals surface area contributed by atoms with Gasteiger partial charge in [-0.3, -0.25) is 4.79 Å². The van der Waals surface area contributed by atoms with E-state index in [1.54, 1.807) is 18.2 Å². The molecule has 1 aliphatic carbocycles. The van der Waals surface area contributed by atoms with Crippen molar-refractivity contribution < 1.29 is 19.1 Å². The van der Waals surface area contributed by atoms with Crippen molar-refractivity contribution in [3.8, 4) is 11.5 Å². The average molecular weight is 505 g/mol. The number of nitrogens with zero attached hydrogens (tertiary/aromatic N) is 1. The number of hydrogen-bond acceptors (Lipinski definition) is 5. The molecule has 0 radical (unpaired) electrons. The van der Waals surface area contributed by atoms with Crippen LogP contribution in [0, 0.1) is 11.8 Å². The second kappa shape index (κ2) is 10.1. The summed E-state index contributed by atoms with van der Waals surface area (Å²) < 4.78 is 10.8. The van der Waals surface area contributed by atoms with Crippen LogP contribution in [0.25, 0.3) is 0 Å². The maximum Gasteiger partial charge on any atom is 0.319 e. The number of para-hydroxylation sites is 1. The molecule has 3 N–H and O–H groups in total. The summed E-state index contributed by atoms with van der Waals surface area (Å²) in [4.78, 5) is 29.2. The Morgan fingerprint density at radius 2 is 1.89 bits per heavy atom. The Morgan fingerprint density at radius 1 is 1.05 bits per heavy atom. The van der Waals surface area contributed by atoms with Gasteiger partial charge in [0.2, 0.25) is 12.7 Å². The van der Waals surface area contributed by atoms with E-state index in [0.29, 0.717) is 29.1 Å². The van der Waals surface area contributed by atoms with Crippen molar-refractivity contribution in [1.82, 2.24) is 10.2 Å². The van der Waals surface area contributed by atoms with E-state index in [-0.39, 0.29) is 36.7 Å². The number of anilines is 2. The SMILES string of the molecule is CCC[C@@H]1Nc2ccccc2[C@H]2[C@@H]1CCN2C(=O)C1CCCC[C@H]1NC(=O)Nc1ccc2c(c1)OCO2. The molecular formula is C29H36N4O4. The van der Waals surface area contributed by atoms with E-state index in [4.69, 9.17) is 9.47 Å². The van der Waals surface area contributed by atoms with Gasteiger partial charge in [-0.15, -0.1) is 0 Å². The van der Waals surface area contributed by atoms with Crippen molar-refractivity contribution in [2.45, 2.75) is 70.0 Å². The van der Waals surface area contributed by atoms with Gasteiger partial charge in [-0.05, 0) is 49.4 Å². The smallest absolute Gasteiger partial charge is 0.319 e. The molecule has 2 aromatic carbocycles. The Bertz CT molecular complexity index is 1170. The van der Waals surface area contributed by atoms with E-state index in [1.165, 1.54) is 5.56 Å². The van der Waals surface area contributed by atoms with Crippen molar-refractivity contribution in [2.24, 2.45) is 11.8 Å². The molecule has 1 unspecified atom stereocenters. The number of likely N-dealkylation sites (tertiary alicyclic amines) is 1. The van der Waals surface area contributed by atoms with Crippen molar-refractivity contribution in [3.05, 3.63) is 48.0 Å². The monoisotopic (exact) mass is 504 g/mol. The first-order valence-electron chi connectivity index (χ1n) is 13.8. The van der Waals surface area contributed by atoms with E-state index in [2.05, 4.69) is 52.0 Å². The van der Waals surface area contributed by atoms with Crippen molar-refractivity contribution >= 4 is 23.3 Å². The molecule has 3 amide bonds. The number of hydrogen-bond donors (Lipinski definition) is 3. The van der Waals surface area contributed by atoms with Crippen LogP contribution < -0.4 is 25.4 Å². The fraction of sp³-hybridized carbons (Fsp3) is 0.517. The van der Waals surface area contributed by atoms with Gasteiger partial charge in [-0.2, -0.15) is 0 Å². The minimum atomic E-state index is -0.293. The zero-order valence-electron chi connectivity index (χ0n) is 21.4. The number of ether oxygens (including phenoxy) is 2. The van der Waals surface area contributed by atoms with Gasteiger partial charge in [0.05, 0.1) is 12.0 Å². The Balaban J connectivity index is 1.18. The Morgan fingerprint density at radius 3 is 2.78 bits per heavy atom. The van der Waals surface area contributed by atoms with Gasteiger partial charge in [0, 0.05) is 42.0 Å². The van der Waals surface area contributed by atoms with Crippen LogP contribution in [-0.4, -0.2) is 42.3 Å². The molecule has 196 valence electrons. The Kier molecular flexibility index (Phi) is 6.57. The van der Waals surface area contributed by atoms with Crippen LogP contribution in [0.5, 0.6) is 11.5 Å². The second-order valence-electron chi connectivity index (χ2n) is 10.7. The number of carbonyl (C=O) groups is 2. The predicted octanol–water partition coefficient (Wildman–Crippen LogP) is 5.28. The molecular weight excluding hydrogens is 468 g/mol. The second-order valence-corrected chi connectivity index (χ2v) is 10.7. The van der Waals surface area contributed by atoms with E-state index < -0.39 is 0 Å². The van der Waals surface area contributed by atoms with E-state index in [9.17, 15) is 9.59 Å². The summed E-state index contributed by atoms with van der Waals surface area (Å²) in [7, 11) is 0. The number of amides is 3. The van der Waals surface area contributed by atoms with Gasteiger partial charge in [-0.1, -0.05) is 44.4 Å². The lowest BCUT2D eigenvalue weighted by Crippen LogP contribution is -2.51. The number of fused-ring (bicyclic) bond motifs is 4. The van der Waals surface area contributed by atoms with E-state index in [0.717, 1.165) is 57.2 Å². The van der Waals surface area contributed by atoms with Gasteiger partial charge in [0.15, 0.2) is 11.5 Å². The third-order valence-electron chi connectivity index (χ3n) is 8.49. The maximum atomic E-state index is 14.1. The molecule has 2 fully saturated rings. The minimum absolute atomic E-state index is 0.103. The van der Waals surface area contributed by atoms with Crippen molar-refractivity contribution in [2.75, 3.05) is 24.0 Å². The quantitative estimate of drug-likeness (QED) is 0.515. The highest BCUT2D eigenvalue weighted by molar-refractivity contribution is 5.90. The molecule has 0 aromatic heterocycles. The lowest BCUT2D eigenvalue weighted by molar-refractivity contribution is -0.138. The van der Waals surface area contributed by atoms with Gasteiger partial charge in [-0.25, -0.2) is 4.79 Å². The molecule has 5 atom stereocenters. The summed E-state index contributed by atoms with van der Waals surface area (Å²) in [6, 6.07) is 13.8. The number of urea groups is 1. The zero-order valence-corrected chi connectivity index (χ0v) is 21.4. The van der Waals surface area contributed by atoms with Crippen LogP contribution in [0.4, 0.5) is 16.2 Å². The molecule has 3 aliphatic heterocycles. The number of carbonyl (C=O) groups excluding carboxylic acids is 2. The lowest BCUT2D eigenvalue weighted by Gasteiger charge is -2.42. The summed E-state index contributed by atoms with van der Waals surface area (Å²) >= 11 is 0. The van der Waals surface area contributed by atoms with Crippen molar-refractivity contribution in [3.63, 3.8) is 0 Å². The van der Waals surface area contributed by atoms with Crippen molar-refractivity contribution in [1.29, 1.82) is 0 Å². The standard InChI is InChI=1S/C29H36N4O4/c1-2-7-22-20-14-15-33(27(20)19-8-3-5-10-23(19)31-22)28(34)21-9-4-6-11-24(21)32-29(35)30-18-12-13-25-26(16-18)37-17-36-25/h3,5,8,10,12-13,16,20-22,24,27,31H,2,4,6-7,9,11,14-15,17H2,1H3,(H2,30,32,35)/t20-,21?,22+,24-,27+/m1/s1. The Hall–Kier alpha value is -3.42. The first-order valence-corrected chi connectivity index (χ1v) is 13.8.